The third-order valence-electron chi connectivity index (χ3n) is 4.53. The summed E-state index contributed by atoms with van der Waals surface area (Å²) in [5.41, 5.74) is 4.84. The Bertz CT molecular complexity index is 816. The molecule has 1 aliphatic heterocycles. The molecule has 0 saturated heterocycles. The normalized spacial score (nSPS) is 14.0. The summed E-state index contributed by atoms with van der Waals surface area (Å²) < 4.78 is 0. The molecule has 0 fully saturated rings. The molecule has 0 radical (unpaired) electrons. The fourth-order valence-corrected chi connectivity index (χ4v) is 3.09. The van der Waals surface area contributed by atoms with Crippen LogP contribution in [0.2, 0.25) is 0 Å². The van der Waals surface area contributed by atoms with Crippen LogP contribution in [0.25, 0.3) is 0 Å². The summed E-state index contributed by atoms with van der Waals surface area (Å²) in [5.74, 6) is -0.0226. The molecular formula is C20H23N3O2. The Morgan fingerprint density at radius 3 is 2.64 bits per heavy atom. The van der Waals surface area contributed by atoms with Crippen LogP contribution in [0.15, 0.2) is 42.5 Å². The minimum absolute atomic E-state index is 0.0606. The predicted octanol–water partition coefficient (Wildman–Crippen LogP) is 3.34. The molecule has 0 saturated carbocycles. The highest BCUT2D eigenvalue weighted by Crippen LogP contribution is 2.30. The van der Waals surface area contributed by atoms with E-state index in [1.165, 1.54) is 0 Å². The number of carbonyl (C=O) groups excluding carboxylic acids is 2. The van der Waals surface area contributed by atoms with Gasteiger partial charge in [-0.15, -0.1) is 0 Å². The summed E-state index contributed by atoms with van der Waals surface area (Å²) in [5, 5.41) is 6.19. The van der Waals surface area contributed by atoms with Crippen LogP contribution in [0.5, 0.6) is 0 Å². The minimum Gasteiger partial charge on any atom is -0.374 e. The number of amides is 2. The molecule has 2 N–H and O–H groups in total. The highest BCUT2D eigenvalue weighted by Gasteiger charge is 2.22. The van der Waals surface area contributed by atoms with E-state index < -0.39 is 0 Å². The lowest BCUT2D eigenvalue weighted by Gasteiger charge is -2.18. The summed E-state index contributed by atoms with van der Waals surface area (Å²) in [6.45, 7) is 6.11. The first kappa shape index (κ1) is 17.0. The van der Waals surface area contributed by atoms with Crippen molar-refractivity contribution in [1.29, 1.82) is 0 Å². The second-order valence-corrected chi connectivity index (χ2v) is 6.43. The quantitative estimate of drug-likeness (QED) is 0.899. The number of hydrogen-bond donors (Lipinski definition) is 2. The van der Waals surface area contributed by atoms with Gasteiger partial charge in [-0.05, 0) is 55.7 Å². The zero-order chi connectivity index (χ0) is 18.0. The van der Waals surface area contributed by atoms with E-state index in [1.54, 1.807) is 11.8 Å². The average Bonchev–Trinajstić information content (AvgIpc) is 3.00. The molecule has 0 aromatic heterocycles. The third-order valence-corrected chi connectivity index (χ3v) is 4.53. The first-order valence-electron chi connectivity index (χ1n) is 8.50. The number of rotatable bonds is 4. The molecule has 5 heteroatoms. The first-order chi connectivity index (χ1) is 12.0. The third kappa shape index (κ3) is 3.65. The molecule has 1 heterocycles. The topological polar surface area (TPSA) is 61.4 Å². The molecule has 2 aromatic carbocycles. The fraction of sp³-hybridized carbons (Fsp3) is 0.300. The Morgan fingerprint density at radius 1 is 1.16 bits per heavy atom. The number of hydrogen-bond acceptors (Lipinski definition) is 3. The fourth-order valence-electron chi connectivity index (χ4n) is 3.09. The van der Waals surface area contributed by atoms with Crippen molar-refractivity contribution in [3.8, 4) is 0 Å². The first-order valence-corrected chi connectivity index (χ1v) is 8.50. The van der Waals surface area contributed by atoms with Crippen LogP contribution in [0.3, 0.4) is 0 Å². The maximum atomic E-state index is 12.4. The van der Waals surface area contributed by atoms with E-state index >= 15 is 0 Å². The molecule has 2 aromatic rings. The highest BCUT2D eigenvalue weighted by molar-refractivity contribution is 5.97. The Balaban J connectivity index is 1.67. The molecule has 25 heavy (non-hydrogen) atoms. The maximum absolute atomic E-state index is 12.4. The molecule has 0 unspecified atom stereocenters. The molecule has 1 aliphatic rings. The van der Waals surface area contributed by atoms with Gasteiger partial charge in [-0.2, -0.15) is 0 Å². The molecule has 2 amide bonds. The highest BCUT2D eigenvalue weighted by atomic mass is 16.2. The lowest BCUT2D eigenvalue weighted by Crippen LogP contribution is -2.32. The van der Waals surface area contributed by atoms with Gasteiger partial charge in [-0.3, -0.25) is 9.59 Å². The van der Waals surface area contributed by atoms with Crippen molar-refractivity contribution in [1.82, 2.24) is 0 Å². The van der Waals surface area contributed by atoms with Crippen molar-refractivity contribution in [2.75, 3.05) is 22.1 Å². The van der Waals surface area contributed by atoms with Crippen LogP contribution in [0.4, 0.5) is 17.1 Å². The zero-order valence-corrected chi connectivity index (χ0v) is 14.8. The molecule has 5 nitrogen and oxygen atoms in total. The number of benzene rings is 2. The van der Waals surface area contributed by atoms with E-state index in [0.717, 1.165) is 41.2 Å². The van der Waals surface area contributed by atoms with E-state index in [4.69, 9.17) is 0 Å². The second-order valence-electron chi connectivity index (χ2n) is 6.43. The van der Waals surface area contributed by atoms with Crippen LogP contribution in [0, 0.1) is 6.92 Å². The zero-order valence-electron chi connectivity index (χ0n) is 14.8. The summed E-state index contributed by atoms with van der Waals surface area (Å²) >= 11 is 0. The maximum Gasteiger partial charge on any atom is 0.246 e. The van der Waals surface area contributed by atoms with Crippen LogP contribution < -0.4 is 15.5 Å². The summed E-state index contributed by atoms with van der Waals surface area (Å²) in [6.07, 6.45) is 0.841. The number of para-hydroxylation sites is 1. The van der Waals surface area contributed by atoms with Crippen molar-refractivity contribution < 1.29 is 9.59 Å². The van der Waals surface area contributed by atoms with Crippen LogP contribution in [-0.4, -0.2) is 24.4 Å². The van der Waals surface area contributed by atoms with Crippen molar-refractivity contribution >= 4 is 28.9 Å². The SMILES string of the molecule is CC(=O)N1CCc2cc(N[C@H](C)C(=O)Nc3ccccc3C)ccc21. The second kappa shape index (κ2) is 6.97. The smallest absolute Gasteiger partial charge is 0.246 e. The largest absolute Gasteiger partial charge is 0.374 e. The Kier molecular flexibility index (Phi) is 4.74. The van der Waals surface area contributed by atoms with Gasteiger partial charge < -0.3 is 15.5 Å². The van der Waals surface area contributed by atoms with E-state index in [9.17, 15) is 9.59 Å². The van der Waals surface area contributed by atoms with Crippen molar-refractivity contribution in [2.24, 2.45) is 0 Å². The minimum atomic E-state index is -0.372. The number of aryl methyl sites for hydroxylation is 1. The predicted molar refractivity (Wildman–Crippen MR) is 101 cm³/mol. The summed E-state index contributed by atoms with van der Waals surface area (Å²) in [7, 11) is 0. The standard InChI is InChI=1S/C20H23N3O2/c1-13-6-4-5-7-18(13)22-20(25)14(2)21-17-8-9-19-16(12-17)10-11-23(19)15(3)24/h4-9,12,14,21H,10-11H2,1-3H3,(H,22,25)/t14-/m1/s1. The average molecular weight is 337 g/mol. The molecule has 1 atom stereocenters. The van der Waals surface area contributed by atoms with E-state index in [-0.39, 0.29) is 17.9 Å². The van der Waals surface area contributed by atoms with E-state index in [0.29, 0.717) is 0 Å². The Hall–Kier alpha value is -2.82. The van der Waals surface area contributed by atoms with Gasteiger partial charge in [0.1, 0.15) is 6.04 Å². The van der Waals surface area contributed by atoms with Gasteiger partial charge in [0.25, 0.3) is 0 Å². The van der Waals surface area contributed by atoms with E-state index in [2.05, 4.69) is 10.6 Å². The molecular weight excluding hydrogens is 314 g/mol. The molecule has 0 spiro atoms. The van der Waals surface area contributed by atoms with Gasteiger partial charge in [-0.25, -0.2) is 0 Å². The lowest BCUT2D eigenvalue weighted by molar-refractivity contribution is -0.117. The molecule has 0 aliphatic carbocycles. The van der Waals surface area contributed by atoms with Gasteiger partial charge >= 0.3 is 0 Å². The van der Waals surface area contributed by atoms with Crippen LogP contribution >= 0.6 is 0 Å². The number of anilines is 3. The Labute approximate surface area is 148 Å². The van der Waals surface area contributed by atoms with Gasteiger partial charge in [0.2, 0.25) is 11.8 Å². The number of nitrogens with one attached hydrogen (secondary N) is 2. The van der Waals surface area contributed by atoms with Gasteiger partial charge in [-0.1, -0.05) is 18.2 Å². The summed E-state index contributed by atoms with van der Waals surface area (Å²) in [4.78, 5) is 25.8. The van der Waals surface area contributed by atoms with Gasteiger partial charge in [0.05, 0.1) is 0 Å². The van der Waals surface area contributed by atoms with Gasteiger partial charge in [0.15, 0.2) is 0 Å². The Morgan fingerprint density at radius 2 is 1.92 bits per heavy atom. The van der Waals surface area contributed by atoms with Crippen molar-refractivity contribution in [3.05, 3.63) is 53.6 Å². The number of fused-ring (bicyclic) bond motifs is 1. The molecule has 130 valence electrons. The number of nitrogens with zero attached hydrogens (tertiary/aromatic N) is 1. The van der Waals surface area contributed by atoms with Gasteiger partial charge in [0, 0.05) is 30.5 Å². The number of carbonyl (C=O) groups is 2. The summed E-state index contributed by atoms with van der Waals surface area (Å²) in [6, 6.07) is 13.2. The van der Waals surface area contributed by atoms with Crippen LogP contribution in [0.1, 0.15) is 25.0 Å². The monoisotopic (exact) mass is 337 g/mol. The molecule has 0 bridgehead atoms. The van der Waals surface area contributed by atoms with E-state index in [1.807, 2.05) is 56.3 Å². The van der Waals surface area contributed by atoms with Crippen LogP contribution in [-0.2, 0) is 16.0 Å². The van der Waals surface area contributed by atoms with Crippen molar-refractivity contribution in [2.45, 2.75) is 33.2 Å². The lowest BCUT2D eigenvalue weighted by atomic mass is 10.1. The van der Waals surface area contributed by atoms with Crippen molar-refractivity contribution in [3.63, 3.8) is 0 Å². The molecule has 3 rings (SSSR count).